The van der Waals surface area contributed by atoms with Crippen LogP contribution >= 0.6 is 0 Å². The molecule has 2 aliphatic rings. The molecule has 2 heterocycles. The SMILES string of the molecule is O=C(NCCC1(C(F)(F)F)CC1)NCc1cc(OCc2ccc(F)cc2)nc(N2CCOCC2)c1. The summed E-state index contributed by atoms with van der Waals surface area (Å²) < 4.78 is 63.5. The highest BCUT2D eigenvalue weighted by Crippen LogP contribution is 2.59. The fraction of sp³-hybridized carbons (Fsp3) is 0.500. The molecular weight excluding hydrogens is 468 g/mol. The number of nitrogens with zero attached hydrogens (tertiary/aromatic N) is 2. The summed E-state index contributed by atoms with van der Waals surface area (Å²) in [6, 6.07) is 8.93. The third-order valence-electron chi connectivity index (χ3n) is 6.28. The average molecular weight is 497 g/mol. The molecule has 1 saturated heterocycles. The van der Waals surface area contributed by atoms with E-state index in [1.54, 1.807) is 18.2 Å². The first kappa shape index (κ1) is 25.0. The van der Waals surface area contributed by atoms with E-state index in [4.69, 9.17) is 9.47 Å². The van der Waals surface area contributed by atoms with E-state index in [1.807, 2.05) is 11.0 Å². The molecule has 0 spiro atoms. The quantitative estimate of drug-likeness (QED) is 0.510. The van der Waals surface area contributed by atoms with Gasteiger partial charge in [-0.15, -0.1) is 0 Å². The van der Waals surface area contributed by atoms with Gasteiger partial charge in [-0.2, -0.15) is 18.2 Å². The molecular formula is C24H28F4N4O3. The van der Waals surface area contributed by atoms with Gasteiger partial charge in [0.2, 0.25) is 5.88 Å². The van der Waals surface area contributed by atoms with Gasteiger partial charge in [-0.3, -0.25) is 0 Å². The number of benzene rings is 1. The van der Waals surface area contributed by atoms with Crippen LogP contribution in [0.3, 0.4) is 0 Å². The second-order valence-electron chi connectivity index (χ2n) is 8.82. The van der Waals surface area contributed by atoms with E-state index in [1.165, 1.54) is 12.1 Å². The summed E-state index contributed by atoms with van der Waals surface area (Å²) in [5.41, 5.74) is -0.147. The molecule has 35 heavy (non-hydrogen) atoms. The molecule has 2 amide bonds. The number of amides is 2. The Morgan fingerprint density at radius 2 is 1.80 bits per heavy atom. The minimum absolute atomic E-state index is 0.0489. The number of carbonyl (C=O) groups excluding carboxylic acids is 1. The second kappa shape index (κ2) is 10.7. The van der Waals surface area contributed by atoms with Gasteiger partial charge < -0.3 is 25.0 Å². The van der Waals surface area contributed by atoms with Gasteiger partial charge in [0.25, 0.3) is 0 Å². The van der Waals surface area contributed by atoms with Crippen molar-refractivity contribution >= 4 is 11.8 Å². The van der Waals surface area contributed by atoms with Crippen molar-refractivity contribution in [3.63, 3.8) is 0 Å². The first-order valence-corrected chi connectivity index (χ1v) is 11.5. The summed E-state index contributed by atoms with van der Waals surface area (Å²) in [5, 5.41) is 5.19. The van der Waals surface area contributed by atoms with E-state index < -0.39 is 17.6 Å². The minimum Gasteiger partial charge on any atom is -0.473 e. The lowest BCUT2D eigenvalue weighted by atomic mass is 10.0. The van der Waals surface area contributed by atoms with Gasteiger partial charge in [-0.25, -0.2) is 9.18 Å². The number of alkyl halides is 3. The number of carbonyl (C=O) groups is 1. The van der Waals surface area contributed by atoms with Crippen molar-refractivity contribution in [3.8, 4) is 5.88 Å². The Labute approximate surface area is 200 Å². The van der Waals surface area contributed by atoms with E-state index in [0.29, 0.717) is 38.0 Å². The van der Waals surface area contributed by atoms with Gasteiger partial charge in [0.1, 0.15) is 18.2 Å². The molecule has 0 bridgehead atoms. The van der Waals surface area contributed by atoms with Crippen LogP contribution in [0.5, 0.6) is 5.88 Å². The number of pyridine rings is 1. The molecule has 1 aromatic carbocycles. The fourth-order valence-electron chi connectivity index (χ4n) is 3.90. The van der Waals surface area contributed by atoms with Crippen molar-refractivity contribution in [1.82, 2.24) is 15.6 Å². The summed E-state index contributed by atoms with van der Waals surface area (Å²) in [5.74, 6) is 0.679. The standard InChI is InChI=1S/C24H28F4N4O3/c25-19-3-1-17(2-4-19)16-35-21-14-18(13-20(31-21)32-9-11-34-12-10-32)15-30-22(33)29-8-7-23(5-6-23)24(26,27)28/h1-4,13-14H,5-12,15-16H2,(H2,29,30,33). The number of halogens is 4. The molecule has 2 N–H and O–H groups in total. The number of rotatable bonds is 9. The molecule has 1 aliphatic carbocycles. The highest BCUT2D eigenvalue weighted by Gasteiger charge is 2.62. The van der Waals surface area contributed by atoms with Gasteiger partial charge in [0.15, 0.2) is 0 Å². The number of hydrogen-bond acceptors (Lipinski definition) is 5. The number of aromatic nitrogens is 1. The minimum atomic E-state index is -4.23. The molecule has 190 valence electrons. The van der Waals surface area contributed by atoms with Crippen LogP contribution in [0.2, 0.25) is 0 Å². The molecule has 1 saturated carbocycles. The van der Waals surface area contributed by atoms with Crippen molar-refractivity contribution in [2.24, 2.45) is 5.41 Å². The molecule has 4 rings (SSSR count). The predicted octanol–water partition coefficient (Wildman–Crippen LogP) is 4.17. The Kier molecular flexibility index (Phi) is 7.63. The number of hydrogen-bond donors (Lipinski definition) is 2. The lowest BCUT2D eigenvalue weighted by Crippen LogP contribution is -2.38. The maximum absolute atomic E-state index is 13.1. The fourth-order valence-corrected chi connectivity index (χ4v) is 3.90. The first-order chi connectivity index (χ1) is 16.7. The van der Waals surface area contributed by atoms with Crippen LogP contribution in [0, 0.1) is 11.2 Å². The van der Waals surface area contributed by atoms with E-state index in [0.717, 1.165) is 11.1 Å². The zero-order valence-corrected chi connectivity index (χ0v) is 19.2. The molecule has 1 aromatic heterocycles. The first-order valence-electron chi connectivity index (χ1n) is 11.5. The summed E-state index contributed by atoms with van der Waals surface area (Å²) in [7, 11) is 0. The summed E-state index contributed by atoms with van der Waals surface area (Å²) in [6.45, 7) is 2.73. The Bertz CT molecular complexity index is 1010. The Morgan fingerprint density at radius 3 is 2.46 bits per heavy atom. The molecule has 2 fully saturated rings. The van der Waals surface area contributed by atoms with Crippen molar-refractivity contribution in [2.45, 2.75) is 38.6 Å². The number of nitrogens with one attached hydrogen (secondary N) is 2. The summed E-state index contributed by atoms with van der Waals surface area (Å²) in [6.07, 6.45) is -4.13. The van der Waals surface area contributed by atoms with Gasteiger partial charge in [-0.05, 0) is 48.6 Å². The molecule has 0 radical (unpaired) electrons. The highest BCUT2D eigenvalue weighted by molar-refractivity contribution is 5.73. The monoisotopic (exact) mass is 496 g/mol. The van der Waals surface area contributed by atoms with Crippen molar-refractivity contribution in [2.75, 3.05) is 37.7 Å². The highest BCUT2D eigenvalue weighted by atomic mass is 19.4. The van der Waals surface area contributed by atoms with E-state index in [9.17, 15) is 22.4 Å². The number of urea groups is 1. The zero-order chi connectivity index (χ0) is 24.9. The maximum atomic E-state index is 13.1. The van der Waals surface area contributed by atoms with Crippen molar-refractivity contribution in [1.29, 1.82) is 0 Å². The summed E-state index contributed by atoms with van der Waals surface area (Å²) >= 11 is 0. The van der Waals surface area contributed by atoms with E-state index in [2.05, 4.69) is 15.6 Å². The predicted molar refractivity (Wildman–Crippen MR) is 121 cm³/mol. The van der Waals surface area contributed by atoms with Crippen LogP contribution in [0.15, 0.2) is 36.4 Å². The third-order valence-corrected chi connectivity index (χ3v) is 6.28. The molecule has 2 aromatic rings. The lowest BCUT2D eigenvalue weighted by Gasteiger charge is -2.28. The van der Waals surface area contributed by atoms with Crippen molar-refractivity contribution in [3.05, 3.63) is 53.3 Å². The van der Waals surface area contributed by atoms with Crippen LogP contribution in [0.1, 0.15) is 30.4 Å². The maximum Gasteiger partial charge on any atom is 0.394 e. The molecule has 0 atom stereocenters. The average Bonchev–Trinajstić information content (AvgIpc) is 3.64. The van der Waals surface area contributed by atoms with E-state index in [-0.39, 0.29) is 44.8 Å². The number of ether oxygens (including phenoxy) is 2. The topological polar surface area (TPSA) is 75.7 Å². The van der Waals surface area contributed by atoms with Gasteiger partial charge in [-0.1, -0.05) is 12.1 Å². The van der Waals surface area contributed by atoms with Gasteiger partial charge in [0.05, 0.1) is 18.6 Å². The largest absolute Gasteiger partial charge is 0.473 e. The normalized spacial score (nSPS) is 17.1. The van der Waals surface area contributed by atoms with Crippen LogP contribution in [0.4, 0.5) is 28.2 Å². The smallest absolute Gasteiger partial charge is 0.394 e. The zero-order valence-electron chi connectivity index (χ0n) is 19.2. The summed E-state index contributed by atoms with van der Waals surface area (Å²) in [4.78, 5) is 18.8. The lowest BCUT2D eigenvalue weighted by molar-refractivity contribution is -0.188. The van der Waals surface area contributed by atoms with Gasteiger partial charge in [0, 0.05) is 32.2 Å². The molecule has 7 nitrogen and oxygen atoms in total. The van der Waals surface area contributed by atoms with Crippen LogP contribution in [-0.4, -0.2) is 50.0 Å². The Morgan fingerprint density at radius 1 is 1.09 bits per heavy atom. The van der Waals surface area contributed by atoms with Crippen LogP contribution < -0.4 is 20.3 Å². The second-order valence-corrected chi connectivity index (χ2v) is 8.82. The Balaban J connectivity index is 1.35. The Hall–Kier alpha value is -3.08. The third kappa shape index (κ3) is 6.74. The number of morpholine rings is 1. The molecule has 1 aliphatic heterocycles. The molecule has 0 unspecified atom stereocenters. The van der Waals surface area contributed by atoms with Crippen LogP contribution in [-0.2, 0) is 17.9 Å². The van der Waals surface area contributed by atoms with Crippen LogP contribution in [0.25, 0.3) is 0 Å². The van der Waals surface area contributed by atoms with E-state index >= 15 is 0 Å². The molecule has 11 heteroatoms. The number of anilines is 1. The van der Waals surface area contributed by atoms with Gasteiger partial charge >= 0.3 is 12.2 Å². The van der Waals surface area contributed by atoms with Crippen molar-refractivity contribution < 1.29 is 31.8 Å².